The van der Waals surface area contributed by atoms with Crippen LogP contribution in [0.4, 0.5) is 0 Å². The molecule has 1 amide bonds. The van der Waals surface area contributed by atoms with Gasteiger partial charge in [0.05, 0.1) is 19.1 Å². The van der Waals surface area contributed by atoms with Gasteiger partial charge in [0.15, 0.2) is 0 Å². The van der Waals surface area contributed by atoms with Crippen LogP contribution in [0.1, 0.15) is 13.3 Å². The van der Waals surface area contributed by atoms with Crippen molar-refractivity contribution in [1.82, 2.24) is 5.32 Å². The van der Waals surface area contributed by atoms with E-state index in [1.54, 1.807) is 6.92 Å². The van der Waals surface area contributed by atoms with E-state index < -0.39 is 6.10 Å². The number of hydrogen-bond donors (Lipinski definition) is 3. The van der Waals surface area contributed by atoms with E-state index in [4.69, 9.17) is 10.2 Å². The normalized spacial score (nSPS) is 12.7. The highest BCUT2D eigenvalue weighted by Gasteiger charge is 2.07. The predicted molar refractivity (Wildman–Crippen MR) is 36.4 cm³/mol. The number of nitrogens with one attached hydrogen (secondary N) is 1. The van der Waals surface area contributed by atoms with Crippen molar-refractivity contribution in [3.05, 3.63) is 0 Å². The van der Waals surface area contributed by atoms with Crippen LogP contribution in [-0.4, -0.2) is 35.4 Å². The van der Waals surface area contributed by atoms with E-state index in [9.17, 15) is 4.79 Å². The zero-order valence-electron chi connectivity index (χ0n) is 6.00. The van der Waals surface area contributed by atoms with Gasteiger partial charge in [-0.3, -0.25) is 4.79 Å². The smallest absolute Gasteiger partial charge is 0.222 e. The molecule has 0 aliphatic carbocycles. The molecule has 0 aromatic carbocycles. The molecule has 0 rings (SSSR count). The second-order valence-electron chi connectivity index (χ2n) is 1.99. The monoisotopic (exact) mass is 147 g/mol. The fourth-order valence-electron chi connectivity index (χ4n) is 0.548. The third-order valence-corrected chi connectivity index (χ3v) is 1.01. The van der Waals surface area contributed by atoms with Crippen LogP contribution in [0.5, 0.6) is 0 Å². The summed E-state index contributed by atoms with van der Waals surface area (Å²) in [4.78, 5) is 10.6. The van der Waals surface area contributed by atoms with Gasteiger partial charge in [0.25, 0.3) is 0 Å². The molecule has 0 unspecified atom stereocenters. The topological polar surface area (TPSA) is 69.6 Å². The minimum atomic E-state index is -0.924. The van der Waals surface area contributed by atoms with Crippen molar-refractivity contribution < 1.29 is 15.0 Å². The molecule has 0 bridgehead atoms. The largest absolute Gasteiger partial charge is 0.394 e. The first kappa shape index (κ1) is 9.39. The zero-order chi connectivity index (χ0) is 7.98. The lowest BCUT2D eigenvalue weighted by Gasteiger charge is -2.05. The fourth-order valence-corrected chi connectivity index (χ4v) is 0.548. The summed E-state index contributed by atoms with van der Waals surface area (Å²) in [5.74, 6) is -0.232. The van der Waals surface area contributed by atoms with Gasteiger partial charge in [-0.1, -0.05) is 0 Å². The molecule has 0 fully saturated rings. The molecule has 0 radical (unpaired) electrons. The molecule has 4 nitrogen and oxygen atoms in total. The Labute approximate surface area is 59.9 Å². The first-order valence-electron chi connectivity index (χ1n) is 3.26. The van der Waals surface area contributed by atoms with E-state index >= 15 is 0 Å². The van der Waals surface area contributed by atoms with Crippen LogP contribution in [0, 0.1) is 0 Å². The van der Waals surface area contributed by atoms with Crippen LogP contribution in [-0.2, 0) is 4.79 Å². The molecule has 4 heteroatoms. The quantitative estimate of drug-likeness (QED) is 0.471. The van der Waals surface area contributed by atoms with Gasteiger partial charge in [0, 0.05) is 6.54 Å². The second-order valence-corrected chi connectivity index (χ2v) is 1.99. The third kappa shape index (κ3) is 4.29. The molecule has 0 aliphatic heterocycles. The Morgan fingerprint density at radius 2 is 2.30 bits per heavy atom. The molecule has 10 heavy (non-hydrogen) atoms. The van der Waals surface area contributed by atoms with E-state index in [1.165, 1.54) is 0 Å². The van der Waals surface area contributed by atoms with Gasteiger partial charge in [-0.25, -0.2) is 0 Å². The second kappa shape index (κ2) is 5.20. The van der Waals surface area contributed by atoms with Crippen molar-refractivity contribution >= 4 is 5.91 Å². The molecule has 3 N–H and O–H groups in total. The van der Waals surface area contributed by atoms with Gasteiger partial charge in [-0.15, -0.1) is 0 Å². The summed E-state index contributed by atoms with van der Waals surface area (Å²) in [5, 5.41) is 19.6. The first-order chi connectivity index (χ1) is 4.70. The molecule has 0 heterocycles. The molecular weight excluding hydrogens is 134 g/mol. The molecule has 1 atom stereocenters. The Morgan fingerprint density at radius 3 is 2.70 bits per heavy atom. The summed E-state index contributed by atoms with van der Waals surface area (Å²) < 4.78 is 0. The van der Waals surface area contributed by atoms with Crippen molar-refractivity contribution in [2.75, 3.05) is 13.2 Å². The standard InChI is InChI=1S/C6H13NO3/c1-2-7-6(10)3-5(9)4-8/h5,8-9H,2-4H2,1H3,(H,7,10)/t5-/m0/s1. The zero-order valence-corrected chi connectivity index (χ0v) is 6.00. The van der Waals surface area contributed by atoms with E-state index in [2.05, 4.69) is 5.32 Å². The molecule has 0 aromatic rings. The highest BCUT2D eigenvalue weighted by atomic mass is 16.3. The molecule has 0 aliphatic rings. The average molecular weight is 147 g/mol. The van der Waals surface area contributed by atoms with Crippen molar-refractivity contribution in [1.29, 1.82) is 0 Å². The maximum absolute atomic E-state index is 10.6. The average Bonchev–Trinajstić information content (AvgIpc) is 1.88. The predicted octanol–water partition coefficient (Wildman–Crippen LogP) is -1.13. The maximum Gasteiger partial charge on any atom is 0.222 e. The van der Waals surface area contributed by atoms with E-state index in [0.717, 1.165) is 0 Å². The molecular formula is C6H13NO3. The maximum atomic E-state index is 10.6. The van der Waals surface area contributed by atoms with Crippen LogP contribution in [0.2, 0.25) is 0 Å². The van der Waals surface area contributed by atoms with E-state index in [1.807, 2.05) is 0 Å². The summed E-state index contributed by atoms with van der Waals surface area (Å²) in [7, 11) is 0. The summed E-state index contributed by atoms with van der Waals surface area (Å²) in [6, 6.07) is 0. The van der Waals surface area contributed by atoms with Gasteiger partial charge in [-0.2, -0.15) is 0 Å². The Hall–Kier alpha value is -0.610. The number of aliphatic hydroxyl groups is 2. The van der Waals surface area contributed by atoms with E-state index in [-0.39, 0.29) is 18.9 Å². The number of rotatable bonds is 4. The van der Waals surface area contributed by atoms with Gasteiger partial charge in [0.2, 0.25) is 5.91 Å². The van der Waals surface area contributed by atoms with Crippen LogP contribution in [0.3, 0.4) is 0 Å². The van der Waals surface area contributed by atoms with Gasteiger partial charge in [0.1, 0.15) is 0 Å². The lowest BCUT2D eigenvalue weighted by atomic mass is 10.2. The van der Waals surface area contributed by atoms with Crippen LogP contribution in [0.25, 0.3) is 0 Å². The molecule has 0 saturated heterocycles. The van der Waals surface area contributed by atoms with Gasteiger partial charge >= 0.3 is 0 Å². The van der Waals surface area contributed by atoms with Crippen molar-refractivity contribution in [3.8, 4) is 0 Å². The Bertz CT molecular complexity index is 105. The molecule has 60 valence electrons. The Balaban J connectivity index is 3.37. The number of amides is 1. The minimum absolute atomic E-state index is 0.0235. The number of hydrogen-bond acceptors (Lipinski definition) is 3. The summed E-state index contributed by atoms with van der Waals surface area (Å²) in [5.41, 5.74) is 0. The lowest BCUT2D eigenvalue weighted by molar-refractivity contribution is -0.123. The fraction of sp³-hybridized carbons (Fsp3) is 0.833. The van der Waals surface area contributed by atoms with Crippen molar-refractivity contribution in [2.45, 2.75) is 19.4 Å². The van der Waals surface area contributed by atoms with Crippen molar-refractivity contribution in [3.63, 3.8) is 0 Å². The summed E-state index contributed by atoms with van der Waals surface area (Å²) in [6.45, 7) is 1.98. The lowest BCUT2D eigenvalue weighted by Crippen LogP contribution is -2.28. The van der Waals surface area contributed by atoms with Crippen LogP contribution in [0.15, 0.2) is 0 Å². The number of carbonyl (C=O) groups is 1. The summed E-state index contributed by atoms with van der Waals surface area (Å²) in [6.07, 6.45) is -0.948. The minimum Gasteiger partial charge on any atom is -0.394 e. The van der Waals surface area contributed by atoms with Gasteiger partial charge < -0.3 is 15.5 Å². The number of carbonyl (C=O) groups excluding carboxylic acids is 1. The molecule has 0 saturated carbocycles. The van der Waals surface area contributed by atoms with Gasteiger partial charge in [-0.05, 0) is 6.92 Å². The third-order valence-electron chi connectivity index (χ3n) is 1.01. The van der Waals surface area contributed by atoms with E-state index in [0.29, 0.717) is 6.54 Å². The molecule has 0 aromatic heterocycles. The summed E-state index contributed by atoms with van der Waals surface area (Å²) >= 11 is 0. The Kier molecular flexibility index (Phi) is 4.88. The Morgan fingerprint density at radius 1 is 1.70 bits per heavy atom. The van der Waals surface area contributed by atoms with Crippen molar-refractivity contribution in [2.24, 2.45) is 0 Å². The highest BCUT2D eigenvalue weighted by Crippen LogP contribution is 1.88. The van der Waals surface area contributed by atoms with Crippen LogP contribution < -0.4 is 5.32 Å². The highest BCUT2D eigenvalue weighted by molar-refractivity contribution is 5.76. The molecule has 0 spiro atoms. The first-order valence-corrected chi connectivity index (χ1v) is 3.26. The van der Waals surface area contributed by atoms with Crippen LogP contribution >= 0.6 is 0 Å². The number of aliphatic hydroxyl groups excluding tert-OH is 2. The SMILES string of the molecule is CCNC(=O)C[C@H](O)CO.